The van der Waals surface area contributed by atoms with Gasteiger partial charge in [-0.2, -0.15) is 4.98 Å². The fraction of sp³-hybridized carbons (Fsp3) is 0.286. The van der Waals surface area contributed by atoms with Crippen LogP contribution in [0.3, 0.4) is 0 Å². The quantitative estimate of drug-likeness (QED) is 0.877. The Kier molecular flexibility index (Phi) is 5.31. The van der Waals surface area contributed by atoms with E-state index in [0.29, 0.717) is 37.3 Å². The molecule has 0 fully saturated rings. The van der Waals surface area contributed by atoms with Gasteiger partial charge in [-0.1, -0.05) is 28.1 Å². The minimum atomic E-state index is 0.328. The number of benzene rings is 1. The van der Waals surface area contributed by atoms with Crippen LogP contribution < -0.4 is 10.5 Å². The Morgan fingerprint density at radius 2 is 2.05 bits per heavy atom. The molecular formula is C14H16BrN3O2. The first-order valence-corrected chi connectivity index (χ1v) is 7.05. The molecule has 0 aliphatic rings. The van der Waals surface area contributed by atoms with E-state index in [0.717, 1.165) is 10.0 Å². The summed E-state index contributed by atoms with van der Waals surface area (Å²) in [6, 6.07) is 9.50. The molecule has 1 heterocycles. The Hall–Kier alpha value is -1.66. The number of aromatic nitrogens is 2. The molecule has 6 heteroatoms. The summed E-state index contributed by atoms with van der Waals surface area (Å²) in [5.74, 6) is 1.35. The van der Waals surface area contributed by atoms with Gasteiger partial charge >= 0.3 is 0 Å². The summed E-state index contributed by atoms with van der Waals surface area (Å²) in [5, 5.41) is 0. The molecule has 0 atom stereocenters. The van der Waals surface area contributed by atoms with Gasteiger partial charge in [-0.3, -0.25) is 0 Å². The normalized spacial score (nSPS) is 10.5. The van der Waals surface area contributed by atoms with Crippen LogP contribution in [-0.2, 0) is 18.0 Å². The number of hydrogen-bond donors (Lipinski definition) is 1. The number of anilines is 1. The maximum atomic E-state index is 5.73. The van der Waals surface area contributed by atoms with Gasteiger partial charge in [-0.15, -0.1) is 0 Å². The van der Waals surface area contributed by atoms with Gasteiger partial charge in [0.1, 0.15) is 19.0 Å². The van der Waals surface area contributed by atoms with Crippen LogP contribution in [0.1, 0.15) is 18.3 Å². The van der Waals surface area contributed by atoms with Crippen LogP contribution in [0.25, 0.3) is 0 Å². The van der Waals surface area contributed by atoms with E-state index in [2.05, 4.69) is 25.9 Å². The van der Waals surface area contributed by atoms with Crippen LogP contribution in [0.2, 0.25) is 0 Å². The summed E-state index contributed by atoms with van der Waals surface area (Å²) >= 11 is 3.42. The lowest BCUT2D eigenvalue weighted by molar-refractivity contribution is 0.127. The van der Waals surface area contributed by atoms with Crippen LogP contribution in [-0.4, -0.2) is 16.6 Å². The van der Waals surface area contributed by atoms with E-state index in [1.165, 1.54) is 0 Å². The highest BCUT2D eigenvalue weighted by Crippen LogP contribution is 2.16. The van der Waals surface area contributed by atoms with Gasteiger partial charge < -0.3 is 15.2 Å². The second-order valence-electron chi connectivity index (χ2n) is 4.10. The van der Waals surface area contributed by atoms with Crippen molar-refractivity contribution in [2.24, 2.45) is 0 Å². The van der Waals surface area contributed by atoms with Crippen LogP contribution in [0.5, 0.6) is 5.88 Å². The summed E-state index contributed by atoms with van der Waals surface area (Å²) in [4.78, 5) is 8.35. The molecule has 0 spiro atoms. The summed E-state index contributed by atoms with van der Waals surface area (Å²) in [6.45, 7) is 3.27. The molecular weight excluding hydrogens is 322 g/mol. The Balaban J connectivity index is 2.03. The topological polar surface area (TPSA) is 70.3 Å². The smallest absolute Gasteiger partial charge is 0.219 e. The molecule has 0 bridgehead atoms. The maximum absolute atomic E-state index is 5.73. The van der Waals surface area contributed by atoms with E-state index in [-0.39, 0.29) is 0 Å². The SMILES string of the molecule is CCOCc1nc(N)cc(OCc2cccc(Br)c2)n1. The summed E-state index contributed by atoms with van der Waals surface area (Å²) in [6.07, 6.45) is 0. The number of halogens is 1. The second-order valence-corrected chi connectivity index (χ2v) is 5.02. The summed E-state index contributed by atoms with van der Waals surface area (Å²) in [7, 11) is 0. The first-order valence-electron chi connectivity index (χ1n) is 6.26. The zero-order valence-corrected chi connectivity index (χ0v) is 12.8. The largest absolute Gasteiger partial charge is 0.473 e. The van der Waals surface area contributed by atoms with Crippen molar-refractivity contribution in [1.82, 2.24) is 9.97 Å². The molecule has 1 aromatic carbocycles. The number of rotatable bonds is 6. The number of ether oxygens (including phenoxy) is 2. The highest BCUT2D eigenvalue weighted by molar-refractivity contribution is 9.10. The van der Waals surface area contributed by atoms with Crippen LogP contribution >= 0.6 is 15.9 Å². The average molecular weight is 338 g/mol. The minimum Gasteiger partial charge on any atom is -0.473 e. The van der Waals surface area contributed by atoms with Gasteiger partial charge in [0.15, 0.2) is 5.82 Å². The van der Waals surface area contributed by atoms with Gasteiger partial charge in [-0.05, 0) is 24.6 Å². The van der Waals surface area contributed by atoms with Crippen molar-refractivity contribution < 1.29 is 9.47 Å². The lowest BCUT2D eigenvalue weighted by Crippen LogP contribution is -2.05. The molecule has 0 radical (unpaired) electrons. The van der Waals surface area contributed by atoms with Gasteiger partial charge in [-0.25, -0.2) is 4.98 Å². The van der Waals surface area contributed by atoms with E-state index in [9.17, 15) is 0 Å². The monoisotopic (exact) mass is 337 g/mol. The lowest BCUT2D eigenvalue weighted by atomic mass is 10.2. The molecule has 1 aromatic heterocycles. The van der Waals surface area contributed by atoms with E-state index in [1.54, 1.807) is 6.07 Å². The maximum Gasteiger partial charge on any atom is 0.219 e. The number of nitrogens with two attached hydrogens (primary N) is 1. The van der Waals surface area contributed by atoms with Gasteiger partial charge in [0.25, 0.3) is 0 Å². The minimum absolute atomic E-state index is 0.328. The third kappa shape index (κ3) is 4.47. The standard InChI is InChI=1S/C14H16BrN3O2/c1-2-19-9-13-17-12(16)7-14(18-13)20-8-10-4-3-5-11(15)6-10/h3-7H,2,8-9H2,1H3,(H2,16,17,18). The Bertz CT molecular complexity index is 578. The second kappa shape index (κ2) is 7.21. The third-order valence-electron chi connectivity index (χ3n) is 2.48. The zero-order valence-electron chi connectivity index (χ0n) is 11.2. The van der Waals surface area contributed by atoms with Crippen LogP contribution in [0, 0.1) is 0 Å². The Morgan fingerprint density at radius 3 is 2.80 bits per heavy atom. The van der Waals surface area contributed by atoms with E-state index >= 15 is 0 Å². The van der Waals surface area contributed by atoms with Gasteiger partial charge in [0.05, 0.1) is 0 Å². The summed E-state index contributed by atoms with van der Waals surface area (Å²) in [5.41, 5.74) is 6.77. The molecule has 0 saturated heterocycles. The molecule has 0 unspecified atom stereocenters. The highest BCUT2D eigenvalue weighted by Gasteiger charge is 2.04. The summed E-state index contributed by atoms with van der Waals surface area (Å²) < 4.78 is 11.9. The zero-order chi connectivity index (χ0) is 14.4. The number of nitrogen functional groups attached to an aromatic ring is 1. The molecule has 0 aliphatic heterocycles. The Labute approximate surface area is 126 Å². The lowest BCUT2D eigenvalue weighted by Gasteiger charge is -2.08. The van der Waals surface area contributed by atoms with Crippen molar-refractivity contribution in [2.75, 3.05) is 12.3 Å². The number of nitrogens with zero attached hydrogens (tertiary/aromatic N) is 2. The van der Waals surface area contributed by atoms with E-state index < -0.39 is 0 Å². The molecule has 106 valence electrons. The Morgan fingerprint density at radius 1 is 1.20 bits per heavy atom. The van der Waals surface area contributed by atoms with Crippen LogP contribution in [0.15, 0.2) is 34.8 Å². The number of hydrogen-bond acceptors (Lipinski definition) is 5. The molecule has 20 heavy (non-hydrogen) atoms. The van der Waals surface area contributed by atoms with Gasteiger partial charge in [0, 0.05) is 17.1 Å². The molecule has 0 aliphatic carbocycles. The molecule has 2 rings (SSSR count). The molecule has 2 N–H and O–H groups in total. The molecule has 0 amide bonds. The van der Waals surface area contributed by atoms with Crippen molar-refractivity contribution in [3.8, 4) is 5.88 Å². The third-order valence-corrected chi connectivity index (χ3v) is 2.97. The van der Waals surface area contributed by atoms with E-state index in [4.69, 9.17) is 15.2 Å². The fourth-order valence-electron chi connectivity index (χ4n) is 1.61. The highest BCUT2D eigenvalue weighted by atomic mass is 79.9. The average Bonchev–Trinajstić information content (AvgIpc) is 2.42. The molecule has 2 aromatic rings. The predicted molar refractivity (Wildman–Crippen MR) is 80.2 cm³/mol. The first-order chi connectivity index (χ1) is 9.67. The van der Waals surface area contributed by atoms with E-state index in [1.807, 2.05) is 31.2 Å². The van der Waals surface area contributed by atoms with Gasteiger partial charge in [0.2, 0.25) is 5.88 Å². The fourth-order valence-corrected chi connectivity index (χ4v) is 2.05. The van der Waals surface area contributed by atoms with Crippen molar-refractivity contribution in [3.05, 3.63) is 46.2 Å². The van der Waals surface area contributed by atoms with Crippen LogP contribution in [0.4, 0.5) is 5.82 Å². The predicted octanol–water partition coefficient (Wildman–Crippen LogP) is 2.94. The molecule has 5 nitrogen and oxygen atoms in total. The van der Waals surface area contributed by atoms with Crippen molar-refractivity contribution >= 4 is 21.7 Å². The van der Waals surface area contributed by atoms with Crippen molar-refractivity contribution in [2.45, 2.75) is 20.1 Å². The van der Waals surface area contributed by atoms with Crippen molar-refractivity contribution in [3.63, 3.8) is 0 Å². The molecule has 0 saturated carbocycles. The first kappa shape index (κ1) is 14.7. The van der Waals surface area contributed by atoms with Crippen molar-refractivity contribution in [1.29, 1.82) is 0 Å².